The number of rotatable bonds is 66. The van der Waals surface area contributed by atoms with Gasteiger partial charge in [0.1, 0.15) is 0 Å². The molecule has 0 fully saturated rings. The molecule has 0 saturated heterocycles. The van der Waals surface area contributed by atoms with E-state index in [0.717, 1.165) is 309 Å². The first kappa shape index (κ1) is 107. The molecular formula is C118H166N8O12. The molecule has 20 heteroatoms. The van der Waals surface area contributed by atoms with E-state index in [2.05, 4.69) is 176 Å². The van der Waals surface area contributed by atoms with Crippen molar-refractivity contribution in [3.05, 3.63) is 105 Å². The zero-order valence-electron chi connectivity index (χ0n) is 86.3. The number of benzene rings is 2. The Labute approximate surface area is 822 Å². The fourth-order valence-corrected chi connectivity index (χ4v) is 20.5. The molecule has 4 N–H and O–H groups in total. The van der Waals surface area contributed by atoms with Gasteiger partial charge in [-0.2, -0.15) is 0 Å². The van der Waals surface area contributed by atoms with Gasteiger partial charge in [-0.3, -0.25) is 28.8 Å². The topological polar surface area (TPSA) is 273 Å². The lowest BCUT2D eigenvalue weighted by Gasteiger charge is -2.14. The molecule has 750 valence electrons. The number of hydrogen-bond acceptors (Lipinski definition) is 16. The minimum atomic E-state index is -0.179. The maximum absolute atomic E-state index is 13.9. The van der Waals surface area contributed by atoms with Crippen LogP contribution >= 0.6 is 0 Å². The van der Waals surface area contributed by atoms with Crippen LogP contribution in [-0.2, 0) is 95.7 Å². The van der Waals surface area contributed by atoms with Crippen molar-refractivity contribution >= 4 is 159 Å². The number of carbonyl (C=O) groups excluding carboxylic acids is 6. The van der Waals surface area contributed by atoms with Gasteiger partial charge in [-0.25, -0.2) is 19.9 Å². The molecule has 8 aromatic heterocycles. The highest BCUT2D eigenvalue weighted by atomic mass is 16.6. The predicted molar refractivity (Wildman–Crippen MR) is 568 cm³/mol. The Bertz CT molecular complexity index is 5510. The second-order valence-electron chi connectivity index (χ2n) is 40.2. The maximum atomic E-state index is 13.9. The lowest BCUT2D eigenvalue weighted by atomic mass is 9.98. The summed E-state index contributed by atoms with van der Waals surface area (Å²) in [6.45, 7) is 28.9. The first-order valence-corrected chi connectivity index (χ1v) is 54.7. The molecule has 6 unspecified atom stereocenters. The van der Waals surface area contributed by atoms with E-state index >= 15 is 0 Å². The number of fused-ring (bicyclic) bond motifs is 14. The summed E-state index contributed by atoms with van der Waals surface area (Å²) in [6.07, 6.45) is 46.8. The number of aromatic nitrogens is 8. The number of esters is 6. The fraction of sp³-hybridized carbons (Fsp3) is 0.610. The van der Waals surface area contributed by atoms with Crippen molar-refractivity contribution in [1.29, 1.82) is 0 Å². The van der Waals surface area contributed by atoms with E-state index in [4.69, 9.17) is 48.4 Å². The van der Waals surface area contributed by atoms with Crippen LogP contribution in [0.4, 0.5) is 0 Å². The molecule has 10 heterocycles. The highest BCUT2D eigenvalue weighted by molar-refractivity contribution is 6.39. The van der Waals surface area contributed by atoms with E-state index in [1.54, 1.807) is 0 Å². The normalized spacial score (nSPS) is 13.6. The third-order valence-electron chi connectivity index (χ3n) is 29.9. The number of aryl methyl sites for hydroxylation is 6. The lowest BCUT2D eigenvalue weighted by molar-refractivity contribution is -0.146. The Hall–Kier alpha value is -9.98. The minimum Gasteiger partial charge on any atom is -0.465 e. The number of carbonyl (C=O) groups is 6. The van der Waals surface area contributed by atoms with Gasteiger partial charge in [0.05, 0.1) is 95.5 Å². The van der Waals surface area contributed by atoms with Gasteiger partial charge in [0.2, 0.25) is 0 Å². The van der Waals surface area contributed by atoms with Crippen molar-refractivity contribution in [2.75, 3.05) is 39.6 Å². The number of nitrogens with one attached hydrogen (secondary N) is 4. The van der Waals surface area contributed by atoms with Gasteiger partial charge >= 0.3 is 35.8 Å². The highest BCUT2D eigenvalue weighted by Gasteiger charge is 2.28. The summed E-state index contributed by atoms with van der Waals surface area (Å²) in [6, 6.07) is 17.9. The van der Waals surface area contributed by atoms with Crippen LogP contribution in [0.15, 0.2) is 48.5 Å². The van der Waals surface area contributed by atoms with E-state index < -0.39 is 0 Å². The molecular weight excluding hydrogens is 1720 g/mol. The molecule has 2 aromatic carbocycles. The molecule has 20 nitrogen and oxygen atoms in total. The molecule has 2 aliphatic rings. The smallest absolute Gasteiger partial charge is 0.305 e. The molecule has 6 atom stereocenters. The second kappa shape index (κ2) is 55.9. The summed E-state index contributed by atoms with van der Waals surface area (Å²) in [7, 11) is 0. The Morgan fingerprint density at radius 3 is 0.710 bits per heavy atom. The van der Waals surface area contributed by atoms with E-state index in [0.29, 0.717) is 204 Å². The Morgan fingerprint density at radius 2 is 0.478 bits per heavy atom. The van der Waals surface area contributed by atoms with Gasteiger partial charge in [-0.05, 0) is 262 Å². The summed E-state index contributed by atoms with van der Waals surface area (Å²) in [5.41, 5.74) is 19.6. The second-order valence-corrected chi connectivity index (χ2v) is 40.2. The summed E-state index contributed by atoms with van der Waals surface area (Å²) in [5, 5.41) is 5.57. The molecule has 16 bridgehead atoms. The van der Waals surface area contributed by atoms with Crippen LogP contribution in [0.25, 0.3) is 123 Å². The standard InChI is InChI=1S/C118H166N8O12/c1-13-25-43-79(19-7)73-133-107(127)55-37-31-49-85-95-61-65-99(119-95)87(51-33-39-57-109(129)135-75-81(21-9)45-27-15-3)103-69-91-93-71-105-89(53-35-41-59-111(131)137-77-83(23-11)47-29-17-5)101-67-63-97(121-101)86(50-32-38-56-108(128)134-74-80(20-8)44-26-14-2)98-64-68-102(122-98)90(54-36-42-60-112(132)138-78-84(24-12)48-30-18-6)106-72-94-92-70-104(124-116(92)113(115(91)123-103)114(117(93)125-105)118(94)126-106)88(100-66-62-96(85)120-100)52-34-40-58-110(130)136-76-82(22-10)46-28-16-4/h61-72,79-84,119,121,124,126H,13-60,73-78H2,1-12H3. The molecule has 2 aliphatic heterocycles. The minimum absolute atomic E-state index is 0.168. The fourth-order valence-electron chi connectivity index (χ4n) is 20.5. The first-order valence-electron chi connectivity index (χ1n) is 54.7. The van der Waals surface area contributed by atoms with Crippen LogP contribution in [0.5, 0.6) is 0 Å². The number of H-pyrrole nitrogens is 4. The van der Waals surface area contributed by atoms with Crippen LogP contribution in [0, 0.1) is 35.5 Å². The number of nitrogens with zero attached hydrogens (tertiary/aromatic N) is 4. The Kier molecular flexibility index (Phi) is 43.3. The zero-order chi connectivity index (χ0) is 97.7. The van der Waals surface area contributed by atoms with Crippen LogP contribution in [0.2, 0.25) is 0 Å². The zero-order valence-corrected chi connectivity index (χ0v) is 86.3. The SMILES string of the molecule is CCCCC(CC)COC(=O)CCCCc1c2nc(c(CCCCC(=O)OCC(CC)CCCC)c3cc4c5cc6[nH]c5c5c7nc(cc7c7cc(nc7c5c4[nH]3)c(CCCCC(=O)OCC(CC)CCCC)c3ccc1[nH]3)c(CCCCC(=O)OCC(CC)CCCC)c1ccc([nH]1)c(CCCCC(=O)OCC(CC)CCCC)c1nc(c6CCCCC(=O)OCC(CC)CCCC)C=C1)C=C2. The number of ether oxygens (including phenoxy) is 6. The first-order chi connectivity index (χ1) is 67.4. The third-order valence-corrected chi connectivity index (χ3v) is 29.9. The monoisotopic (exact) mass is 1890 g/mol. The van der Waals surface area contributed by atoms with Crippen LogP contribution in [0.3, 0.4) is 0 Å². The Balaban J connectivity index is 1.10. The summed E-state index contributed by atoms with van der Waals surface area (Å²) < 4.78 is 36.2. The molecule has 138 heavy (non-hydrogen) atoms. The number of aromatic amines is 4. The van der Waals surface area contributed by atoms with Crippen molar-refractivity contribution in [2.24, 2.45) is 35.5 Å². The Morgan fingerprint density at radius 1 is 0.254 bits per heavy atom. The molecule has 0 spiro atoms. The van der Waals surface area contributed by atoms with Gasteiger partial charge < -0.3 is 48.4 Å². The van der Waals surface area contributed by atoms with E-state index in [1.165, 1.54) is 0 Å². The number of unbranched alkanes of at least 4 members (excludes halogenated alkanes) is 12. The summed E-state index contributed by atoms with van der Waals surface area (Å²) >= 11 is 0. The summed E-state index contributed by atoms with van der Waals surface area (Å²) in [5.74, 6) is 0.943. The van der Waals surface area contributed by atoms with Crippen molar-refractivity contribution in [3.8, 4) is 0 Å². The van der Waals surface area contributed by atoms with Crippen LogP contribution < -0.4 is 0 Å². The largest absolute Gasteiger partial charge is 0.465 e. The third kappa shape index (κ3) is 29.6. The molecule has 0 amide bonds. The molecule has 10 aromatic rings. The van der Waals surface area contributed by atoms with Gasteiger partial charge in [-0.1, -0.05) is 199 Å². The average Bonchev–Trinajstić information content (AvgIpc) is 1.53. The van der Waals surface area contributed by atoms with Crippen LogP contribution in [0.1, 0.15) is 409 Å². The molecule has 0 radical (unpaired) electrons. The van der Waals surface area contributed by atoms with Crippen molar-refractivity contribution in [3.63, 3.8) is 0 Å². The van der Waals surface area contributed by atoms with E-state index in [-0.39, 0.29) is 61.5 Å². The van der Waals surface area contributed by atoms with Gasteiger partial charge in [0.15, 0.2) is 0 Å². The molecule has 0 saturated carbocycles. The molecule has 0 aliphatic carbocycles. The molecule has 12 rings (SSSR count). The van der Waals surface area contributed by atoms with Crippen LogP contribution in [-0.4, -0.2) is 115 Å². The number of hydrogen-bond donors (Lipinski definition) is 4. The lowest BCUT2D eigenvalue weighted by Crippen LogP contribution is -2.13. The van der Waals surface area contributed by atoms with Crippen molar-refractivity contribution in [1.82, 2.24) is 39.9 Å². The van der Waals surface area contributed by atoms with E-state index in [9.17, 15) is 28.8 Å². The predicted octanol–water partition coefficient (Wildman–Crippen LogP) is 30.4. The van der Waals surface area contributed by atoms with Gasteiger partial charge in [0, 0.05) is 137 Å². The summed E-state index contributed by atoms with van der Waals surface area (Å²) in [4.78, 5) is 123. The quantitative estimate of drug-likeness (QED) is 0.0157. The van der Waals surface area contributed by atoms with Gasteiger partial charge in [-0.15, -0.1) is 0 Å². The van der Waals surface area contributed by atoms with Gasteiger partial charge in [0.25, 0.3) is 0 Å². The maximum Gasteiger partial charge on any atom is 0.305 e. The highest BCUT2D eigenvalue weighted by Crippen LogP contribution is 2.47. The average molecular weight is 1890 g/mol. The van der Waals surface area contributed by atoms with E-state index in [1.807, 2.05) is 0 Å². The van der Waals surface area contributed by atoms with Crippen molar-refractivity contribution in [2.45, 2.75) is 391 Å². The van der Waals surface area contributed by atoms with Crippen molar-refractivity contribution < 1.29 is 57.2 Å².